The zero-order valence-electron chi connectivity index (χ0n) is 12.0. The number of sulfonamides is 1. The topological polar surface area (TPSA) is 79.4 Å². The lowest BCUT2D eigenvalue weighted by Gasteiger charge is -2.15. The normalized spacial score (nSPS) is 15.7. The van der Waals surface area contributed by atoms with E-state index in [-0.39, 0.29) is 9.77 Å². The minimum atomic E-state index is -3.62. The van der Waals surface area contributed by atoms with Crippen molar-refractivity contribution in [2.24, 2.45) is 0 Å². The molecule has 0 radical (unpaired) electrons. The molecule has 0 spiro atoms. The molecule has 1 aliphatic heterocycles. The van der Waals surface area contributed by atoms with Gasteiger partial charge in [0.25, 0.3) is 5.91 Å². The number of nitrogens with one attached hydrogen (secondary N) is 1. The largest absolute Gasteiger partial charge is 0.306 e. The lowest BCUT2D eigenvalue weighted by molar-refractivity contribution is 0.102. The number of carbonyl (C=O) groups excluding carboxylic acids is 1. The van der Waals surface area contributed by atoms with Crippen LogP contribution in [0.3, 0.4) is 0 Å². The predicted molar refractivity (Wildman–Crippen MR) is 92.2 cm³/mol. The van der Waals surface area contributed by atoms with Crippen LogP contribution >= 0.6 is 27.3 Å². The van der Waals surface area contributed by atoms with Crippen LogP contribution in [0.1, 0.15) is 22.5 Å². The third kappa shape index (κ3) is 3.47. The fourth-order valence-electron chi connectivity index (χ4n) is 2.36. The van der Waals surface area contributed by atoms with Gasteiger partial charge < -0.3 is 5.32 Å². The summed E-state index contributed by atoms with van der Waals surface area (Å²) in [5, 5.41) is 4.25. The zero-order chi connectivity index (χ0) is 16.4. The number of halogens is 1. The summed E-state index contributed by atoms with van der Waals surface area (Å²) in [6.07, 6.45) is 3.27. The molecule has 0 aromatic carbocycles. The molecule has 3 heterocycles. The number of hydrogen-bond donors (Lipinski definition) is 1. The number of pyridine rings is 1. The van der Waals surface area contributed by atoms with Crippen LogP contribution in [-0.2, 0) is 10.0 Å². The number of nitrogens with zero attached hydrogens (tertiary/aromatic N) is 2. The summed E-state index contributed by atoms with van der Waals surface area (Å²) in [4.78, 5) is 16.7. The van der Waals surface area contributed by atoms with Gasteiger partial charge in [0.2, 0.25) is 10.0 Å². The first-order valence-electron chi connectivity index (χ1n) is 6.99. The Bertz CT molecular complexity index is 812. The molecule has 0 atom stereocenters. The van der Waals surface area contributed by atoms with Crippen LogP contribution in [0.2, 0.25) is 0 Å². The maximum atomic E-state index is 12.6. The Morgan fingerprint density at radius 1 is 1.26 bits per heavy atom. The van der Waals surface area contributed by atoms with E-state index in [1.807, 2.05) is 0 Å². The van der Waals surface area contributed by atoms with Crippen LogP contribution < -0.4 is 5.32 Å². The molecule has 9 heteroatoms. The molecule has 0 bridgehead atoms. The van der Waals surface area contributed by atoms with Crippen LogP contribution in [-0.4, -0.2) is 36.7 Å². The van der Waals surface area contributed by atoms with E-state index in [2.05, 4.69) is 26.2 Å². The summed E-state index contributed by atoms with van der Waals surface area (Å²) >= 11 is 4.38. The first-order valence-corrected chi connectivity index (χ1v) is 10.1. The van der Waals surface area contributed by atoms with Crippen molar-refractivity contribution in [1.29, 1.82) is 0 Å². The number of aromatic nitrogens is 1. The summed E-state index contributed by atoms with van der Waals surface area (Å²) in [7, 11) is -3.62. The molecule has 0 unspecified atom stereocenters. The maximum absolute atomic E-state index is 12.6. The molecular weight excluding hydrogens is 402 g/mol. The van der Waals surface area contributed by atoms with Crippen molar-refractivity contribution in [2.75, 3.05) is 18.4 Å². The monoisotopic (exact) mass is 415 g/mol. The molecule has 23 heavy (non-hydrogen) atoms. The summed E-state index contributed by atoms with van der Waals surface area (Å²) < 4.78 is 27.5. The third-order valence-electron chi connectivity index (χ3n) is 3.49. The van der Waals surface area contributed by atoms with Crippen molar-refractivity contribution in [2.45, 2.75) is 17.7 Å². The van der Waals surface area contributed by atoms with Crippen molar-refractivity contribution in [3.63, 3.8) is 0 Å². The first kappa shape index (κ1) is 16.6. The molecule has 1 saturated heterocycles. The van der Waals surface area contributed by atoms with Gasteiger partial charge >= 0.3 is 0 Å². The van der Waals surface area contributed by atoms with E-state index in [0.29, 0.717) is 18.9 Å². The number of amides is 1. The number of anilines is 1. The smallest absolute Gasteiger partial charge is 0.268 e. The Kier molecular flexibility index (Phi) is 4.81. The Morgan fingerprint density at radius 3 is 2.65 bits per heavy atom. The summed E-state index contributed by atoms with van der Waals surface area (Å²) in [6, 6.07) is 4.88. The fourth-order valence-corrected chi connectivity index (χ4v) is 5.40. The van der Waals surface area contributed by atoms with Crippen LogP contribution in [0, 0.1) is 0 Å². The van der Waals surface area contributed by atoms with Gasteiger partial charge in [-0.05, 0) is 52.4 Å². The minimum Gasteiger partial charge on any atom is -0.306 e. The molecule has 1 aliphatic rings. The van der Waals surface area contributed by atoms with Crippen LogP contribution in [0.5, 0.6) is 0 Å². The Morgan fingerprint density at radius 2 is 2.00 bits per heavy atom. The van der Waals surface area contributed by atoms with E-state index in [1.165, 1.54) is 10.4 Å². The van der Waals surface area contributed by atoms with Gasteiger partial charge in [-0.1, -0.05) is 0 Å². The van der Waals surface area contributed by atoms with Gasteiger partial charge in [0.05, 0.1) is 0 Å². The van der Waals surface area contributed by atoms with E-state index in [1.54, 1.807) is 23.7 Å². The number of rotatable bonds is 4. The lowest BCUT2D eigenvalue weighted by Crippen LogP contribution is -2.29. The van der Waals surface area contributed by atoms with Crippen molar-refractivity contribution in [1.82, 2.24) is 9.29 Å². The van der Waals surface area contributed by atoms with Gasteiger partial charge in [-0.3, -0.25) is 4.79 Å². The van der Waals surface area contributed by atoms with Gasteiger partial charge in [0.15, 0.2) is 0 Å². The van der Waals surface area contributed by atoms with E-state index >= 15 is 0 Å². The minimum absolute atomic E-state index is 0.0685. The number of thiophene rings is 1. The SMILES string of the molecule is O=C(Nc1ccc(Br)cn1)c1sccc1S(=O)(=O)N1CCCC1. The second-order valence-corrected chi connectivity index (χ2v) is 8.78. The maximum Gasteiger partial charge on any atom is 0.268 e. The average molecular weight is 416 g/mol. The van der Waals surface area contributed by atoms with Crippen LogP contribution in [0.25, 0.3) is 0 Å². The summed E-state index contributed by atoms with van der Waals surface area (Å²) in [5.74, 6) is -0.0938. The zero-order valence-corrected chi connectivity index (χ0v) is 15.2. The highest BCUT2D eigenvalue weighted by atomic mass is 79.9. The Balaban J connectivity index is 1.85. The molecule has 1 amide bonds. The molecule has 2 aromatic heterocycles. The molecule has 122 valence electrons. The number of carbonyl (C=O) groups is 1. The molecule has 6 nitrogen and oxygen atoms in total. The van der Waals surface area contributed by atoms with Gasteiger partial charge in [-0.2, -0.15) is 4.31 Å². The molecule has 2 aromatic rings. The van der Waals surface area contributed by atoms with Gasteiger partial charge in [-0.15, -0.1) is 11.3 Å². The third-order valence-corrected chi connectivity index (χ3v) is 6.94. The molecule has 1 N–H and O–H groups in total. The highest BCUT2D eigenvalue weighted by Crippen LogP contribution is 2.28. The van der Waals surface area contributed by atoms with Crippen molar-refractivity contribution in [3.05, 3.63) is 39.1 Å². The highest BCUT2D eigenvalue weighted by molar-refractivity contribution is 9.10. The standard InChI is InChI=1S/C14H14BrN3O3S2/c15-10-3-4-12(16-9-10)17-14(19)13-11(5-8-22-13)23(20,21)18-6-1-2-7-18/h3-5,8-9H,1-2,6-7H2,(H,16,17,19). The molecule has 0 saturated carbocycles. The lowest BCUT2D eigenvalue weighted by atomic mass is 10.4. The second kappa shape index (κ2) is 6.68. The molecule has 1 fully saturated rings. The van der Waals surface area contributed by atoms with E-state index in [9.17, 15) is 13.2 Å². The summed E-state index contributed by atoms with van der Waals surface area (Å²) in [6.45, 7) is 1.01. The molecule has 3 rings (SSSR count). The van der Waals surface area contributed by atoms with Crippen LogP contribution in [0.4, 0.5) is 5.82 Å². The van der Waals surface area contributed by atoms with Gasteiger partial charge in [0.1, 0.15) is 15.6 Å². The van der Waals surface area contributed by atoms with E-state index in [4.69, 9.17) is 0 Å². The average Bonchev–Trinajstić information content (AvgIpc) is 3.21. The predicted octanol–water partition coefficient (Wildman–Crippen LogP) is 2.94. The fraction of sp³-hybridized carbons (Fsp3) is 0.286. The van der Waals surface area contributed by atoms with Crippen molar-refractivity contribution >= 4 is 49.0 Å². The van der Waals surface area contributed by atoms with Gasteiger partial charge in [0, 0.05) is 23.8 Å². The quantitative estimate of drug-likeness (QED) is 0.831. The number of hydrogen-bond acceptors (Lipinski definition) is 5. The van der Waals surface area contributed by atoms with E-state index in [0.717, 1.165) is 28.7 Å². The Labute approximate surface area is 146 Å². The van der Waals surface area contributed by atoms with Crippen molar-refractivity contribution < 1.29 is 13.2 Å². The van der Waals surface area contributed by atoms with Gasteiger partial charge in [-0.25, -0.2) is 13.4 Å². The van der Waals surface area contributed by atoms with Crippen LogP contribution in [0.15, 0.2) is 39.1 Å². The highest BCUT2D eigenvalue weighted by Gasteiger charge is 2.31. The first-order chi connectivity index (χ1) is 11.0. The summed E-state index contributed by atoms with van der Waals surface area (Å²) in [5.41, 5.74) is 0. The second-order valence-electron chi connectivity index (χ2n) is 5.04. The van der Waals surface area contributed by atoms with E-state index < -0.39 is 15.9 Å². The molecule has 0 aliphatic carbocycles. The molecular formula is C14H14BrN3O3S2. The Hall–Kier alpha value is -1.29. The van der Waals surface area contributed by atoms with Crippen molar-refractivity contribution in [3.8, 4) is 0 Å².